The summed E-state index contributed by atoms with van der Waals surface area (Å²) in [4.78, 5) is 19.7. The number of sulfonamides is 1. The van der Waals surface area contributed by atoms with Crippen LogP contribution in [0.3, 0.4) is 0 Å². The van der Waals surface area contributed by atoms with E-state index in [2.05, 4.69) is 20.3 Å². The molecular formula is C22H29N5O4S. The highest BCUT2D eigenvalue weighted by Crippen LogP contribution is 2.24. The lowest BCUT2D eigenvalue weighted by molar-refractivity contribution is 0.0858. The van der Waals surface area contributed by atoms with Crippen LogP contribution in [0.4, 0.5) is 11.5 Å². The van der Waals surface area contributed by atoms with Crippen molar-refractivity contribution in [1.82, 2.24) is 15.6 Å². The monoisotopic (exact) mass is 459 g/mol. The van der Waals surface area contributed by atoms with Crippen molar-refractivity contribution in [3.8, 4) is 0 Å². The Morgan fingerprint density at radius 2 is 2.00 bits per heavy atom. The lowest BCUT2D eigenvalue weighted by atomic mass is 10.2. The Morgan fingerprint density at radius 1 is 1.25 bits per heavy atom. The van der Waals surface area contributed by atoms with Crippen molar-refractivity contribution < 1.29 is 17.9 Å². The van der Waals surface area contributed by atoms with E-state index in [1.165, 1.54) is 6.20 Å². The molecule has 0 bridgehead atoms. The highest BCUT2D eigenvalue weighted by molar-refractivity contribution is 7.92. The van der Waals surface area contributed by atoms with Crippen LogP contribution in [0.1, 0.15) is 28.8 Å². The SMILES string of the molecule is Cc1ccc(S(=O)(=O)Nc2cnc(N3CCNCC3)c(C(=O)NCC3CCCO3)c2)cc1. The number of hydrogen-bond acceptors (Lipinski definition) is 7. The molecule has 1 aromatic carbocycles. The van der Waals surface area contributed by atoms with Crippen LogP contribution >= 0.6 is 0 Å². The maximum atomic E-state index is 13.1. The Kier molecular flexibility index (Phi) is 6.92. The van der Waals surface area contributed by atoms with Gasteiger partial charge < -0.3 is 20.3 Å². The molecule has 1 atom stereocenters. The van der Waals surface area contributed by atoms with Gasteiger partial charge in [0.25, 0.3) is 15.9 Å². The van der Waals surface area contributed by atoms with Crippen molar-refractivity contribution in [1.29, 1.82) is 0 Å². The molecule has 2 saturated heterocycles. The molecule has 2 fully saturated rings. The van der Waals surface area contributed by atoms with E-state index in [0.717, 1.165) is 31.5 Å². The first-order chi connectivity index (χ1) is 15.4. The van der Waals surface area contributed by atoms with Gasteiger partial charge in [0.05, 0.1) is 28.4 Å². The fraction of sp³-hybridized carbons (Fsp3) is 0.455. The number of benzene rings is 1. The molecule has 3 N–H and O–H groups in total. The maximum Gasteiger partial charge on any atom is 0.261 e. The normalized spacial score (nSPS) is 19.0. The third kappa shape index (κ3) is 5.37. The summed E-state index contributed by atoms with van der Waals surface area (Å²) < 4.78 is 33.8. The topological polar surface area (TPSA) is 113 Å². The molecule has 4 rings (SSSR count). The van der Waals surface area contributed by atoms with Crippen molar-refractivity contribution in [3.63, 3.8) is 0 Å². The van der Waals surface area contributed by atoms with Gasteiger partial charge in [-0.15, -0.1) is 0 Å². The van der Waals surface area contributed by atoms with Crippen LogP contribution in [0.25, 0.3) is 0 Å². The summed E-state index contributed by atoms with van der Waals surface area (Å²) in [5.41, 5.74) is 1.55. The second-order valence-electron chi connectivity index (χ2n) is 8.10. The zero-order valence-corrected chi connectivity index (χ0v) is 19.0. The van der Waals surface area contributed by atoms with E-state index in [-0.39, 0.29) is 22.6 Å². The van der Waals surface area contributed by atoms with Crippen molar-refractivity contribution in [3.05, 3.63) is 47.7 Å². The molecule has 2 aliphatic heterocycles. The van der Waals surface area contributed by atoms with Gasteiger partial charge in [0.2, 0.25) is 0 Å². The van der Waals surface area contributed by atoms with Gasteiger partial charge in [-0.2, -0.15) is 0 Å². The zero-order chi connectivity index (χ0) is 22.6. The van der Waals surface area contributed by atoms with Gasteiger partial charge in [0.1, 0.15) is 5.82 Å². The molecule has 172 valence electrons. The second-order valence-corrected chi connectivity index (χ2v) is 9.78. The Morgan fingerprint density at radius 3 is 2.69 bits per heavy atom. The Hall–Kier alpha value is -2.69. The van der Waals surface area contributed by atoms with Gasteiger partial charge in [-0.3, -0.25) is 9.52 Å². The Balaban J connectivity index is 1.58. The second kappa shape index (κ2) is 9.85. The van der Waals surface area contributed by atoms with Crippen molar-refractivity contribution >= 4 is 27.4 Å². The van der Waals surface area contributed by atoms with Gasteiger partial charge >= 0.3 is 0 Å². The van der Waals surface area contributed by atoms with E-state index >= 15 is 0 Å². The number of carbonyl (C=O) groups is 1. The average Bonchev–Trinajstić information content (AvgIpc) is 3.32. The molecular weight excluding hydrogens is 430 g/mol. The van der Waals surface area contributed by atoms with Crippen molar-refractivity contribution in [2.45, 2.75) is 30.8 Å². The number of piperazine rings is 1. The summed E-state index contributed by atoms with van der Waals surface area (Å²) in [5, 5.41) is 6.21. The maximum absolute atomic E-state index is 13.1. The standard InChI is InChI=1S/C22H29N5O4S/c1-16-4-6-19(7-5-16)32(29,30)26-17-13-20(22(28)25-15-18-3-2-12-31-18)21(24-14-17)27-10-8-23-9-11-27/h4-7,13-14,18,23,26H,2-3,8-12,15H2,1H3,(H,25,28). The minimum Gasteiger partial charge on any atom is -0.376 e. The highest BCUT2D eigenvalue weighted by atomic mass is 32.2. The number of nitrogens with one attached hydrogen (secondary N) is 3. The number of ether oxygens (including phenoxy) is 1. The van der Waals surface area contributed by atoms with Crippen LogP contribution in [0.2, 0.25) is 0 Å². The van der Waals surface area contributed by atoms with Crippen LogP contribution in [0, 0.1) is 6.92 Å². The van der Waals surface area contributed by atoms with Crippen LogP contribution in [-0.2, 0) is 14.8 Å². The minimum atomic E-state index is -3.80. The van der Waals surface area contributed by atoms with Gasteiger partial charge in [-0.1, -0.05) is 17.7 Å². The zero-order valence-electron chi connectivity index (χ0n) is 18.1. The van der Waals surface area contributed by atoms with Crippen LogP contribution in [-0.4, -0.2) is 64.7 Å². The number of aryl methyl sites for hydroxylation is 1. The van der Waals surface area contributed by atoms with Gasteiger partial charge in [0, 0.05) is 39.3 Å². The number of nitrogens with zero attached hydrogens (tertiary/aromatic N) is 2. The first kappa shape index (κ1) is 22.5. The molecule has 32 heavy (non-hydrogen) atoms. The molecule has 9 nitrogen and oxygen atoms in total. The number of pyridine rings is 1. The quantitative estimate of drug-likeness (QED) is 0.575. The third-order valence-electron chi connectivity index (χ3n) is 5.63. The summed E-state index contributed by atoms with van der Waals surface area (Å²) in [7, 11) is -3.80. The smallest absolute Gasteiger partial charge is 0.261 e. The van der Waals surface area contributed by atoms with E-state index in [1.807, 2.05) is 11.8 Å². The first-order valence-electron chi connectivity index (χ1n) is 10.9. The van der Waals surface area contributed by atoms with E-state index in [9.17, 15) is 13.2 Å². The number of hydrogen-bond donors (Lipinski definition) is 3. The van der Waals surface area contributed by atoms with Crippen LogP contribution in [0.15, 0.2) is 41.4 Å². The molecule has 10 heteroatoms. The van der Waals surface area contributed by atoms with Gasteiger partial charge in [0.15, 0.2) is 0 Å². The van der Waals surface area contributed by atoms with Gasteiger partial charge in [-0.25, -0.2) is 13.4 Å². The minimum absolute atomic E-state index is 0.0118. The molecule has 2 aliphatic rings. The molecule has 0 saturated carbocycles. The largest absolute Gasteiger partial charge is 0.376 e. The molecule has 1 aromatic heterocycles. The molecule has 0 radical (unpaired) electrons. The molecule has 2 aromatic rings. The average molecular weight is 460 g/mol. The summed E-state index contributed by atoms with van der Waals surface area (Å²) in [6.07, 6.45) is 3.38. The van der Waals surface area contributed by atoms with Crippen molar-refractivity contribution in [2.75, 3.05) is 49.0 Å². The predicted octanol–water partition coefficient (Wildman–Crippen LogP) is 1.51. The molecule has 0 spiro atoms. The number of aromatic nitrogens is 1. The van der Waals surface area contributed by atoms with Crippen LogP contribution < -0.4 is 20.3 Å². The van der Waals surface area contributed by atoms with Crippen molar-refractivity contribution in [2.24, 2.45) is 0 Å². The summed E-state index contributed by atoms with van der Waals surface area (Å²) in [5.74, 6) is 0.257. The lowest BCUT2D eigenvalue weighted by Gasteiger charge is -2.30. The lowest BCUT2D eigenvalue weighted by Crippen LogP contribution is -2.45. The van der Waals surface area contributed by atoms with Gasteiger partial charge in [-0.05, 0) is 38.0 Å². The summed E-state index contributed by atoms with van der Waals surface area (Å²) >= 11 is 0. The molecule has 3 heterocycles. The number of amides is 1. The summed E-state index contributed by atoms with van der Waals surface area (Å²) in [6.45, 7) is 6.04. The van der Waals surface area contributed by atoms with Crippen LogP contribution in [0.5, 0.6) is 0 Å². The number of anilines is 2. The fourth-order valence-corrected chi connectivity index (χ4v) is 4.88. The van der Waals surface area contributed by atoms with E-state index < -0.39 is 10.0 Å². The molecule has 0 aliphatic carbocycles. The highest BCUT2D eigenvalue weighted by Gasteiger charge is 2.24. The number of rotatable bonds is 7. The molecule has 1 unspecified atom stereocenters. The fourth-order valence-electron chi connectivity index (χ4n) is 3.85. The summed E-state index contributed by atoms with van der Waals surface area (Å²) in [6, 6.07) is 8.14. The van der Waals surface area contributed by atoms with E-state index in [0.29, 0.717) is 37.6 Å². The van der Waals surface area contributed by atoms with E-state index in [4.69, 9.17) is 4.74 Å². The first-order valence-corrected chi connectivity index (χ1v) is 12.4. The third-order valence-corrected chi connectivity index (χ3v) is 7.02. The molecule has 1 amide bonds. The predicted molar refractivity (Wildman–Crippen MR) is 123 cm³/mol. The van der Waals surface area contributed by atoms with E-state index in [1.54, 1.807) is 30.3 Å². The Labute approximate surface area is 188 Å². The Bertz CT molecular complexity index is 1050. The number of carbonyl (C=O) groups excluding carboxylic acids is 1.